The number of rotatable bonds is 8. The second kappa shape index (κ2) is 9.73. The molecule has 3 rings (SSSR count). The predicted molar refractivity (Wildman–Crippen MR) is 115 cm³/mol. The average Bonchev–Trinajstić information content (AvgIpc) is 3.12. The van der Waals surface area contributed by atoms with Gasteiger partial charge in [-0.2, -0.15) is 0 Å². The molecule has 0 aliphatic carbocycles. The van der Waals surface area contributed by atoms with Crippen molar-refractivity contribution in [2.75, 3.05) is 29.9 Å². The maximum Gasteiger partial charge on any atom is 0.262 e. The normalized spacial score (nSPS) is 15.6. The van der Waals surface area contributed by atoms with Crippen LogP contribution in [0.3, 0.4) is 0 Å². The van der Waals surface area contributed by atoms with E-state index >= 15 is 0 Å². The summed E-state index contributed by atoms with van der Waals surface area (Å²) < 4.78 is 5.53. The summed E-state index contributed by atoms with van der Waals surface area (Å²) in [6.45, 7) is 6.11. The van der Waals surface area contributed by atoms with Gasteiger partial charge in [0.05, 0.1) is 5.92 Å². The van der Waals surface area contributed by atoms with E-state index in [1.54, 1.807) is 35.2 Å². The highest BCUT2D eigenvalue weighted by Crippen LogP contribution is 2.27. The molecule has 0 radical (unpaired) electrons. The summed E-state index contributed by atoms with van der Waals surface area (Å²) >= 11 is 0. The zero-order valence-electron chi connectivity index (χ0n) is 16.9. The molecule has 0 spiro atoms. The molecule has 2 N–H and O–H groups in total. The van der Waals surface area contributed by atoms with Crippen molar-refractivity contribution in [1.29, 1.82) is 0 Å². The van der Waals surface area contributed by atoms with Crippen molar-refractivity contribution in [3.05, 3.63) is 66.7 Å². The molecule has 1 saturated heterocycles. The molecule has 3 amide bonds. The second-order valence-corrected chi connectivity index (χ2v) is 7.14. The Morgan fingerprint density at radius 2 is 2.00 bits per heavy atom. The topological polar surface area (TPSA) is 87.7 Å². The molecule has 7 heteroatoms. The van der Waals surface area contributed by atoms with Crippen molar-refractivity contribution in [3.8, 4) is 5.75 Å². The third kappa shape index (κ3) is 5.47. The first-order chi connectivity index (χ1) is 14.5. The van der Waals surface area contributed by atoms with Gasteiger partial charge in [0.1, 0.15) is 5.75 Å². The van der Waals surface area contributed by atoms with Crippen LogP contribution in [0.25, 0.3) is 0 Å². The van der Waals surface area contributed by atoms with E-state index in [4.69, 9.17) is 4.74 Å². The number of benzene rings is 2. The maximum atomic E-state index is 12.3. The molecule has 2 aromatic rings. The lowest BCUT2D eigenvalue weighted by atomic mass is 10.1. The van der Waals surface area contributed by atoms with E-state index in [1.807, 2.05) is 31.2 Å². The molecule has 0 aromatic heterocycles. The first-order valence-corrected chi connectivity index (χ1v) is 9.74. The van der Waals surface area contributed by atoms with E-state index in [2.05, 4.69) is 17.2 Å². The summed E-state index contributed by atoms with van der Waals surface area (Å²) in [5.74, 6) is -0.359. The Balaban J connectivity index is 1.52. The lowest BCUT2D eigenvalue weighted by Gasteiger charge is -2.17. The lowest BCUT2D eigenvalue weighted by molar-refractivity contribution is -0.126. The number of carbonyl (C=O) groups excluding carboxylic acids is 3. The molecule has 1 fully saturated rings. The Kier molecular flexibility index (Phi) is 6.85. The molecular weight excluding hydrogens is 382 g/mol. The maximum absolute atomic E-state index is 12.3. The molecule has 7 nitrogen and oxygen atoms in total. The number of nitrogens with one attached hydrogen (secondary N) is 2. The Bertz CT molecular complexity index is 940. The highest BCUT2D eigenvalue weighted by Gasteiger charge is 2.34. The number of carbonyl (C=O) groups is 3. The largest absolute Gasteiger partial charge is 0.484 e. The molecule has 1 atom stereocenters. The van der Waals surface area contributed by atoms with E-state index in [0.717, 1.165) is 11.3 Å². The zero-order valence-corrected chi connectivity index (χ0v) is 16.9. The molecule has 2 aromatic carbocycles. The molecule has 1 aliphatic heterocycles. The van der Waals surface area contributed by atoms with Crippen molar-refractivity contribution >= 4 is 29.1 Å². The fraction of sp³-hybridized carbons (Fsp3) is 0.261. The van der Waals surface area contributed by atoms with Crippen molar-refractivity contribution in [1.82, 2.24) is 5.32 Å². The van der Waals surface area contributed by atoms with Gasteiger partial charge in [0.2, 0.25) is 11.8 Å². The zero-order chi connectivity index (χ0) is 21.5. The summed E-state index contributed by atoms with van der Waals surface area (Å²) in [4.78, 5) is 38.0. The Hall–Kier alpha value is -3.61. The van der Waals surface area contributed by atoms with Gasteiger partial charge >= 0.3 is 0 Å². The monoisotopic (exact) mass is 407 g/mol. The predicted octanol–water partition coefficient (Wildman–Crippen LogP) is 2.67. The van der Waals surface area contributed by atoms with Crippen LogP contribution in [0.2, 0.25) is 0 Å². The molecule has 1 heterocycles. The minimum Gasteiger partial charge on any atom is -0.484 e. The molecule has 30 heavy (non-hydrogen) atoms. The summed E-state index contributed by atoms with van der Waals surface area (Å²) in [6.07, 6.45) is 1.78. The summed E-state index contributed by atoms with van der Waals surface area (Å²) in [7, 11) is 0. The Morgan fingerprint density at radius 1 is 1.23 bits per heavy atom. The highest BCUT2D eigenvalue weighted by atomic mass is 16.5. The molecule has 1 aliphatic rings. The fourth-order valence-electron chi connectivity index (χ4n) is 3.24. The average molecular weight is 407 g/mol. The number of ether oxygens (including phenoxy) is 1. The van der Waals surface area contributed by atoms with Crippen molar-refractivity contribution in [2.45, 2.75) is 13.3 Å². The number of nitrogens with zero attached hydrogens (tertiary/aromatic N) is 1. The molecule has 0 unspecified atom stereocenters. The van der Waals surface area contributed by atoms with Gasteiger partial charge < -0.3 is 20.3 Å². The van der Waals surface area contributed by atoms with Crippen LogP contribution in [0.5, 0.6) is 5.75 Å². The second-order valence-electron chi connectivity index (χ2n) is 7.14. The highest BCUT2D eigenvalue weighted by molar-refractivity contribution is 6.00. The van der Waals surface area contributed by atoms with Crippen molar-refractivity contribution in [2.24, 2.45) is 5.92 Å². The van der Waals surface area contributed by atoms with Gasteiger partial charge in [-0.25, -0.2) is 0 Å². The van der Waals surface area contributed by atoms with Crippen LogP contribution in [0.1, 0.15) is 12.0 Å². The number of anilines is 2. The van der Waals surface area contributed by atoms with Crippen LogP contribution in [-0.4, -0.2) is 37.4 Å². The van der Waals surface area contributed by atoms with Crippen LogP contribution in [-0.2, 0) is 14.4 Å². The quantitative estimate of drug-likeness (QED) is 0.659. The third-order valence-electron chi connectivity index (χ3n) is 4.74. The lowest BCUT2D eigenvalue weighted by Crippen LogP contribution is -2.32. The first-order valence-electron chi connectivity index (χ1n) is 9.74. The van der Waals surface area contributed by atoms with Gasteiger partial charge in [0, 0.05) is 30.9 Å². The van der Waals surface area contributed by atoms with Gasteiger partial charge in [-0.1, -0.05) is 18.2 Å². The van der Waals surface area contributed by atoms with Gasteiger partial charge in [0.15, 0.2) is 6.61 Å². The van der Waals surface area contributed by atoms with Gasteiger partial charge in [-0.15, -0.1) is 6.58 Å². The van der Waals surface area contributed by atoms with Gasteiger partial charge in [-0.3, -0.25) is 14.4 Å². The SMILES string of the molecule is C=CCNC(=O)[C@@H]1CC(=O)N(c2ccc(OCC(=O)Nc3cccc(C)c3)cc2)C1. The minimum absolute atomic E-state index is 0.0973. The van der Waals surface area contributed by atoms with E-state index in [9.17, 15) is 14.4 Å². The summed E-state index contributed by atoms with van der Waals surface area (Å²) in [5.41, 5.74) is 2.47. The number of amides is 3. The Labute approximate surface area is 175 Å². The fourth-order valence-corrected chi connectivity index (χ4v) is 3.24. The number of hydrogen-bond donors (Lipinski definition) is 2. The van der Waals surface area contributed by atoms with Crippen LogP contribution >= 0.6 is 0 Å². The smallest absolute Gasteiger partial charge is 0.262 e. The summed E-state index contributed by atoms with van der Waals surface area (Å²) in [6, 6.07) is 14.4. The minimum atomic E-state index is -0.376. The van der Waals surface area contributed by atoms with E-state index in [-0.39, 0.29) is 36.7 Å². The van der Waals surface area contributed by atoms with E-state index < -0.39 is 0 Å². The number of aryl methyl sites for hydroxylation is 1. The third-order valence-corrected chi connectivity index (χ3v) is 4.74. The van der Waals surface area contributed by atoms with Gasteiger partial charge in [0.25, 0.3) is 5.91 Å². The van der Waals surface area contributed by atoms with Crippen molar-refractivity contribution in [3.63, 3.8) is 0 Å². The van der Waals surface area contributed by atoms with E-state index in [1.165, 1.54) is 0 Å². The molecule has 0 saturated carbocycles. The van der Waals surface area contributed by atoms with Crippen molar-refractivity contribution < 1.29 is 19.1 Å². The Morgan fingerprint density at radius 3 is 2.70 bits per heavy atom. The van der Waals surface area contributed by atoms with Crippen LogP contribution in [0, 0.1) is 12.8 Å². The number of hydrogen-bond acceptors (Lipinski definition) is 4. The first kappa shape index (κ1) is 21.1. The van der Waals surface area contributed by atoms with Crippen LogP contribution < -0.4 is 20.3 Å². The van der Waals surface area contributed by atoms with Crippen LogP contribution in [0.15, 0.2) is 61.2 Å². The van der Waals surface area contributed by atoms with Crippen LogP contribution in [0.4, 0.5) is 11.4 Å². The van der Waals surface area contributed by atoms with Gasteiger partial charge in [-0.05, 0) is 48.9 Å². The standard InChI is InChI=1S/C23H25N3O4/c1-3-11-24-23(29)17-13-22(28)26(14-17)19-7-9-20(10-8-19)30-15-21(27)25-18-6-4-5-16(2)12-18/h3-10,12,17H,1,11,13-15H2,2H3,(H,24,29)(H,25,27)/t17-/m1/s1. The molecular formula is C23H25N3O4. The summed E-state index contributed by atoms with van der Waals surface area (Å²) in [5, 5.41) is 5.51. The molecule has 0 bridgehead atoms. The van der Waals surface area contributed by atoms with E-state index in [0.29, 0.717) is 24.5 Å². The molecule has 156 valence electrons.